The van der Waals surface area contributed by atoms with Gasteiger partial charge in [0.15, 0.2) is 5.78 Å². The molecule has 0 aromatic heterocycles. The Morgan fingerprint density at radius 2 is 1.86 bits per heavy atom. The van der Waals surface area contributed by atoms with Crippen LogP contribution in [0.4, 0.5) is 0 Å². The predicted molar refractivity (Wildman–Crippen MR) is 121 cm³/mol. The highest BCUT2D eigenvalue weighted by Crippen LogP contribution is 2.47. The Labute approximate surface area is 186 Å². The van der Waals surface area contributed by atoms with E-state index in [1.807, 2.05) is 31.2 Å². The number of dihydropyridines is 1. The summed E-state index contributed by atoms with van der Waals surface area (Å²) >= 11 is 2.30. The van der Waals surface area contributed by atoms with Crippen molar-refractivity contribution >= 4 is 34.3 Å². The smallest absolute Gasteiger partial charge is 0.337 e. The number of halogens is 1. The molecule has 4 rings (SSSR count). The first kappa shape index (κ1) is 20.6. The fourth-order valence-electron chi connectivity index (χ4n) is 4.95. The maximum absolute atomic E-state index is 13.3. The highest BCUT2D eigenvalue weighted by molar-refractivity contribution is 14.1. The summed E-state index contributed by atoms with van der Waals surface area (Å²) < 4.78 is 6.95. The number of ketones is 1. The van der Waals surface area contributed by atoms with Crippen molar-refractivity contribution in [2.45, 2.75) is 71.3 Å². The van der Waals surface area contributed by atoms with E-state index in [1.165, 1.54) is 0 Å². The largest absolute Gasteiger partial charge is 0.459 e. The van der Waals surface area contributed by atoms with Crippen LogP contribution in [0.5, 0.6) is 0 Å². The van der Waals surface area contributed by atoms with E-state index in [9.17, 15) is 9.59 Å². The third-order valence-electron chi connectivity index (χ3n) is 6.25. The molecule has 1 atom stereocenters. The van der Waals surface area contributed by atoms with Gasteiger partial charge >= 0.3 is 5.97 Å². The molecule has 1 aliphatic heterocycles. The van der Waals surface area contributed by atoms with Crippen LogP contribution in [0.2, 0.25) is 0 Å². The first-order chi connectivity index (χ1) is 13.8. The molecule has 1 aromatic rings. The molecule has 1 aromatic carbocycles. The van der Waals surface area contributed by atoms with Crippen LogP contribution in [0, 0.1) is 8.99 Å². The van der Waals surface area contributed by atoms with Gasteiger partial charge in [0.05, 0.1) is 5.57 Å². The molecule has 0 saturated heterocycles. The van der Waals surface area contributed by atoms with Gasteiger partial charge in [0, 0.05) is 32.9 Å². The molecule has 5 heteroatoms. The lowest BCUT2D eigenvalue weighted by Crippen LogP contribution is -2.39. The number of carbonyl (C=O) groups is 2. The lowest BCUT2D eigenvalue weighted by Gasteiger charge is -2.39. The van der Waals surface area contributed by atoms with Crippen molar-refractivity contribution in [1.82, 2.24) is 5.32 Å². The number of nitrogens with one attached hydrogen (secondary N) is 1. The third-order valence-corrected chi connectivity index (χ3v) is 7.23. The molecule has 1 N–H and O–H groups in total. The summed E-state index contributed by atoms with van der Waals surface area (Å²) in [4.78, 5) is 26.6. The predicted octanol–water partition coefficient (Wildman–Crippen LogP) is 5.38. The molecule has 1 heterocycles. The number of hydrogen-bond acceptors (Lipinski definition) is 4. The Morgan fingerprint density at radius 3 is 2.55 bits per heavy atom. The van der Waals surface area contributed by atoms with Crippen molar-refractivity contribution in [3.8, 4) is 0 Å². The van der Waals surface area contributed by atoms with Crippen LogP contribution in [0.25, 0.3) is 0 Å². The van der Waals surface area contributed by atoms with Crippen LogP contribution in [0.1, 0.15) is 70.8 Å². The number of Topliss-reactive ketones (excluding diaryl/α,β-unsaturated/α-hetero) is 1. The van der Waals surface area contributed by atoms with Crippen LogP contribution in [0.3, 0.4) is 0 Å². The molecule has 0 spiro atoms. The molecule has 29 heavy (non-hydrogen) atoms. The molecule has 154 valence electrons. The maximum atomic E-state index is 13.3. The van der Waals surface area contributed by atoms with Crippen molar-refractivity contribution in [3.63, 3.8) is 0 Å². The fourth-order valence-corrected chi connectivity index (χ4v) is 5.65. The maximum Gasteiger partial charge on any atom is 0.337 e. The van der Waals surface area contributed by atoms with E-state index in [2.05, 4.69) is 41.8 Å². The van der Waals surface area contributed by atoms with E-state index in [-0.39, 0.29) is 29.2 Å². The molecule has 1 unspecified atom stereocenters. The Balaban J connectivity index is 1.80. The van der Waals surface area contributed by atoms with Gasteiger partial charge in [-0.15, -0.1) is 0 Å². The van der Waals surface area contributed by atoms with Gasteiger partial charge in [-0.3, -0.25) is 4.79 Å². The number of rotatable bonds is 3. The Bertz CT molecular complexity index is 922. The highest BCUT2D eigenvalue weighted by Gasteiger charge is 2.44. The molecule has 0 bridgehead atoms. The SMILES string of the molecule is CC1=C(C(=O)OC2CCCC2)C(c2ccccc2I)C2=C(CC(C)(C)CC2=O)N1. The molecule has 2 aliphatic carbocycles. The van der Waals surface area contributed by atoms with Gasteiger partial charge in [0.25, 0.3) is 0 Å². The van der Waals surface area contributed by atoms with E-state index in [0.717, 1.165) is 58.2 Å². The molecule has 3 aliphatic rings. The summed E-state index contributed by atoms with van der Waals surface area (Å²) in [5.41, 5.74) is 4.03. The van der Waals surface area contributed by atoms with Crippen molar-refractivity contribution in [1.29, 1.82) is 0 Å². The van der Waals surface area contributed by atoms with E-state index in [4.69, 9.17) is 4.74 Å². The molecule has 4 nitrogen and oxygen atoms in total. The van der Waals surface area contributed by atoms with Crippen molar-refractivity contribution in [2.75, 3.05) is 0 Å². The summed E-state index contributed by atoms with van der Waals surface area (Å²) in [5, 5.41) is 3.41. The standard InChI is InChI=1S/C24H28INO3/c1-14-20(23(28)29-15-8-4-5-9-15)21(16-10-6-7-11-17(16)25)22-18(26-14)12-24(2,3)13-19(22)27/h6-7,10-11,15,21,26H,4-5,8-9,12-13H2,1-3H3. The molecule has 1 fully saturated rings. The second-order valence-corrected chi connectivity index (χ2v) is 10.4. The monoisotopic (exact) mass is 505 g/mol. The van der Waals surface area contributed by atoms with Gasteiger partial charge in [-0.1, -0.05) is 32.0 Å². The molecular formula is C24H28INO3. The van der Waals surface area contributed by atoms with Gasteiger partial charge in [0.2, 0.25) is 0 Å². The van der Waals surface area contributed by atoms with Crippen LogP contribution >= 0.6 is 22.6 Å². The minimum Gasteiger partial charge on any atom is -0.459 e. The summed E-state index contributed by atoms with van der Waals surface area (Å²) in [6.07, 6.45) is 5.37. The number of ether oxygens (including phenoxy) is 1. The van der Waals surface area contributed by atoms with E-state index in [0.29, 0.717) is 12.0 Å². The van der Waals surface area contributed by atoms with Gasteiger partial charge in [-0.25, -0.2) is 4.79 Å². The van der Waals surface area contributed by atoms with E-state index >= 15 is 0 Å². The first-order valence-corrected chi connectivity index (χ1v) is 11.5. The lowest BCUT2D eigenvalue weighted by atomic mass is 9.68. The Kier molecular flexibility index (Phi) is 5.62. The van der Waals surface area contributed by atoms with Crippen molar-refractivity contribution < 1.29 is 14.3 Å². The fraction of sp³-hybridized carbons (Fsp3) is 0.500. The quantitative estimate of drug-likeness (QED) is 0.443. The molecule has 0 amide bonds. The minimum atomic E-state index is -0.364. The number of allylic oxidation sites excluding steroid dienone is 3. The van der Waals surface area contributed by atoms with Crippen LogP contribution < -0.4 is 5.32 Å². The van der Waals surface area contributed by atoms with Gasteiger partial charge in [-0.05, 0) is 78.7 Å². The third kappa shape index (κ3) is 4.03. The van der Waals surface area contributed by atoms with Crippen molar-refractivity contribution in [2.24, 2.45) is 5.41 Å². The van der Waals surface area contributed by atoms with Crippen LogP contribution in [-0.4, -0.2) is 17.9 Å². The summed E-state index contributed by atoms with van der Waals surface area (Å²) in [6, 6.07) is 8.03. The Hall–Kier alpha value is -1.63. The summed E-state index contributed by atoms with van der Waals surface area (Å²) in [6.45, 7) is 6.19. The minimum absolute atomic E-state index is 0.00494. The Morgan fingerprint density at radius 1 is 1.17 bits per heavy atom. The normalized spacial score (nSPS) is 24.4. The van der Waals surface area contributed by atoms with Gasteiger partial charge in [-0.2, -0.15) is 0 Å². The van der Waals surface area contributed by atoms with Gasteiger partial charge < -0.3 is 10.1 Å². The zero-order valence-corrected chi connectivity index (χ0v) is 19.5. The van der Waals surface area contributed by atoms with Crippen LogP contribution in [0.15, 0.2) is 46.8 Å². The van der Waals surface area contributed by atoms with E-state index in [1.54, 1.807) is 0 Å². The molecular weight excluding hydrogens is 477 g/mol. The molecule has 1 saturated carbocycles. The van der Waals surface area contributed by atoms with Crippen molar-refractivity contribution in [3.05, 3.63) is 55.9 Å². The van der Waals surface area contributed by atoms with E-state index < -0.39 is 0 Å². The first-order valence-electron chi connectivity index (χ1n) is 10.5. The number of carbonyl (C=O) groups excluding carboxylic acids is 2. The molecule has 0 radical (unpaired) electrons. The average molecular weight is 505 g/mol. The lowest BCUT2D eigenvalue weighted by molar-refractivity contribution is -0.144. The second kappa shape index (κ2) is 7.89. The number of esters is 1. The number of hydrogen-bond donors (Lipinski definition) is 1. The van der Waals surface area contributed by atoms with Gasteiger partial charge in [0.1, 0.15) is 6.10 Å². The van der Waals surface area contributed by atoms with Crippen LogP contribution in [-0.2, 0) is 14.3 Å². The zero-order valence-electron chi connectivity index (χ0n) is 17.3. The topological polar surface area (TPSA) is 55.4 Å². The average Bonchev–Trinajstić information content (AvgIpc) is 3.12. The zero-order chi connectivity index (χ0) is 20.8. The summed E-state index contributed by atoms with van der Waals surface area (Å²) in [5.74, 6) is -0.514. The summed E-state index contributed by atoms with van der Waals surface area (Å²) in [7, 11) is 0. The number of benzene rings is 1. The second-order valence-electron chi connectivity index (χ2n) is 9.26. The highest BCUT2D eigenvalue weighted by atomic mass is 127.